The third kappa shape index (κ3) is 4.93. The highest BCUT2D eigenvalue weighted by Gasteiger charge is 2.20. The Morgan fingerprint density at radius 1 is 1.16 bits per heavy atom. The molecular weight excluding hydrogens is 340 g/mol. The highest BCUT2D eigenvalue weighted by Crippen LogP contribution is 2.20. The van der Waals surface area contributed by atoms with Gasteiger partial charge in [-0.1, -0.05) is 13.8 Å². The summed E-state index contributed by atoms with van der Waals surface area (Å²) in [5.41, 5.74) is 1.35. The monoisotopic (exact) mass is 368 g/mol. The summed E-state index contributed by atoms with van der Waals surface area (Å²) in [6, 6.07) is 3.03. The Balaban J connectivity index is 2.08. The van der Waals surface area contributed by atoms with E-state index in [-0.39, 0.29) is 16.6 Å². The van der Waals surface area contributed by atoms with Crippen LogP contribution in [0.25, 0.3) is 11.0 Å². The van der Waals surface area contributed by atoms with E-state index in [4.69, 9.17) is 0 Å². The van der Waals surface area contributed by atoms with E-state index in [1.165, 1.54) is 6.07 Å². The molecule has 1 aromatic carbocycles. The molecule has 1 unspecified atom stereocenters. The number of benzene rings is 1. The standard InChI is InChI=1S/C17H28N4O3S/c1-5-21(6-2)9-7-8-13(4)20-25(23,24)16-11-15-14(10-12(16)3)18-17(22)19-15/h10-11,13,20H,5-9H2,1-4H3,(H2,18,19,22). The molecular formula is C17H28N4O3S. The second kappa shape index (κ2) is 8.16. The Morgan fingerprint density at radius 2 is 1.76 bits per heavy atom. The third-order valence-corrected chi connectivity index (χ3v) is 6.19. The van der Waals surface area contributed by atoms with Gasteiger partial charge in [-0.25, -0.2) is 17.9 Å². The lowest BCUT2D eigenvalue weighted by Gasteiger charge is -2.20. The number of H-pyrrole nitrogens is 2. The molecule has 1 heterocycles. The largest absolute Gasteiger partial charge is 0.323 e. The number of sulfonamides is 1. The number of aromatic nitrogens is 2. The highest BCUT2D eigenvalue weighted by molar-refractivity contribution is 7.89. The zero-order valence-corrected chi connectivity index (χ0v) is 16.2. The van der Waals surface area contributed by atoms with E-state index in [1.807, 2.05) is 6.92 Å². The molecule has 8 heteroatoms. The quantitative estimate of drug-likeness (QED) is 0.630. The average molecular weight is 369 g/mol. The van der Waals surface area contributed by atoms with Crippen LogP contribution in [0.2, 0.25) is 0 Å². The van der Waals surface area contributed by atoms with E-state index < -0.39 is 10.0 Å². The minimum absolute atomic E-state index is 0.152. The summed E-state index contributed by atoms with van der Waals surface area (Å²) >= 11 is 0. The fourth-order valence-corrected chi connectivity index (χ4v) is 4.54. The van der Waals surface area contributed by atoms with Crippen molar-refractivity contribution in [3.63, 3.8) is 0 Å². The first-order valence-corrected chi connectivity index (χ1v) is 10.2. The molecule has 0 radical (unpaired) electrons. The van der Waals surface area contributed by atoms with E-state index in [2.05, 4.69) is 33.4 Å². The molecule has 0 saturated heterocycles. The van der Waals surface area contributed by atoms with Crippen LogP contribution < -0.4 is 10.4 Å². The van der Waals surface area contributed by atoms with Gasteiger partial charge in [-0.2, -0.15) is 0 Å². The summed E-state index contributed by atoms with van der Waals surface area (Å²) in [6.45, 7) is 10.8. The van der Waals surface area contributed by atoms with Crippen molar-refractivity contribution in [1.82, 2.24) is 19.6 Å². The van der Waals surface area contributed by atoms with Crippen molar-refractivity contribution in [2.75, 3.05) is 19.6 Å². The molecule has 3 N–H and O–H groups in total. The number of hydrogen-bond donors (Lipinski definition) is 3. The zero-order chi connectivity index (χ0) is 18.6. The highest BCUT2D eigenvalue weighted by atomic mass is 32.2. The lowest BCUT2D eigenvalue weighted by Crippen LogP contribution is -2.34. The van der Waals surface area contributed by atoms with E-state index in [9.17, 15) is 13.2 Å². The molecule has 2 rings (SSSR count). The number of aryl methyl sites for hydroxylation is 1. The second-order valence-electron chi connectivity index (χ2n) is 6.43. The average Bonchev–Trinajstić information content (AvgIpc) is 2.89. The maximum absolute atomic E-state index is 12.7. The molecule has 1 atom stereocenters. The van der Waals surface area contributed by atoms with Crippen molar-refractivity contribution in [1.29, 1.82) is 0 Å². The summed E-state index contributed by atoms with van der Waals surface area (Å²) in [5, 5.41) is 0. The van der Waals surface area contributed by atoms with Crippen molar-refractivity contribution in [2.45, 2.75) is 51.5 Å². The summed E-state index contributed by atoms with van der Waals surface area (Å²) in [5.74, 6) is 0. The number of nitrogens with zero attached hydrogens (tertiary/aromatic N) is 1. The molecule has 7 nitrogen and oxygen atoms in total. The lowest BCUT2D eigenvalue weighted by atomic mass is 10.2. The number of nitrogens with one attached hydrogen (secondary N) is 3. The summed E-state index contributed by atoms with van der Waals surface area (Å²) < 4.78 is 28.1. The maximum atomic E-state index is 12.7. The van der Waals surface area contributed by atoms with E-state index in [0.29, 0.717) is 16.6 Å². The van der Waals surface area contributed by atoms with Gasteiger partial charge in [0, 0.05) is 6.04 Å². The van der Waals surface area contributed by atoms with Gasteiger partial charge in [0.05, 0.1) is 15.9 Å². The molecule has 1 aromatic heterocycles. The van der Waals surface area contributed by atoms with E-state index >= 15 is 0 Å². The van der Waals surface area contributed by atoms with Crippen molar-refractivity contribution in [3.05, 3.63) is 28.2 Å². The Hall–Kier alpha value is -1.64. The van der Waals surface area contributed by atoms with Gasteiger partial charge in [-0.3, -0.25) is 0 Å². The molecule has 0 saturated carbocycles. The molecule has 0 aliphatic heterocycles. The Labute approximate surface area is 148 Å². The van der Waals surface area contributed by atoms with Gasteiger partial charge in [0.15, 0.2) is 0 Å². The van der Waals surface area contributed by atoms with Crippen LogP contribution in [-0.2, 0) is 10.0 Å². The predicted octanol–water partition coefficient (Wildman–Crippen LogP) is 1.95. The van der Waals surface area contributed by atoms with Crippen molar-refractivity contribution in [2.24, 2.45) is 0 Å². The van der Waals surface area contributed by atoms with Crippen LogP contribution in [0, 0.1) is 6.92 Å². The molecule has 0 spiro atoms. The number of aromatic amines is 2. The number of fused-ring (bicyclic) bond motifs is 1. The SMILES string of the molecule is CCN(CC)CCCC(C)NS(=O)(=O)c1cc2[nH]c(=O)[nH]c2cc1C. The third-order valence-electron chi connectivity index (χ3n) is 4.46. The molecule has 0 amide bonds. The van der Waals surface area contributed by atoms with Crippen molar-refractivity contribution < 1.29 is 8.42 Å². The van der Waals surface area contributed by atoms with Crippen LogP contribution >= 0.6 is 0 Å². The van der Waals surface area contributed by atoms with Crippen LogP contribution in [0.15, 0.2) is 21.8 Å². The number of imidazole rings is 1. The Bertz CT molecular complexity index is 866. The van der Waals surface area contributed by atoms with Crippen molar-refractivity contribution in [3.8, 4) is 0 Å². The van der Waals surface area contributed by atoms with E-state index in [0.717, 1.165) is 32.5 Å². The minimum Gasteiger partial charge on any atom is -0.306 e. The minimum atomic E-state index is -3.63. The summed E-state index contributed by atoms with van der Waals surface area (Å²) in [6.07, 6.45) is 1.71. The van der Waals surface area contributed by atoms with Crippen LogP contribution in [-0.4, -0.2) is 49.0 Å². The first kappa shape index (κ1) is 19.7. The number of hydrogen-bond acceptors (Lipinski definition) is 4. The first-order valence-electron chi connectivity index (χ1n) is 8.74. The Kier molecular flexibility index (Phi) is 6.42. The zero-order valence-electron chi connectivity index (χ0n) is 15.3. The fraction of sp³-hybridized carbons (Fsp3) is 0.588. The molecule has 0 aliphatic carbocycles. The van der Waals surface area contributed by atoms with Gasteiger partial charge in [0.25, 0.3) is 0 Å². The first-order chi connectivity index (χ1) is 11.8. The summed E-state index contributed by atoms with van der Waals surface area (Å²) in [4.78, 5) is 19.1. The van der Waals surface area contributed by atoms with Crippen LogP contribution in [0.5, 0.6) is 0 Å². The van der Waals surface area contributed by atoms with Gasteiger partial charge < -0.3 is 14.9 Å². The fourth-order valence-electron chi connectivity index (χ4n) is 3.01. The molecule has 0 fully saturated rings. The molecule has 0 bridgehead atoms. The summed E-state index contributed by atoms with van der Waals surface area (Å²) in [7, 11) is -3.63. The predicted molar refractivity (Wildman–Crippen MR) is 100 cm³/mol. The van der Waals surface area contributed by atoms with E-state index in [1.54, 1.807) is 13.0 Å². The van der Waals surface area contributed by atoms with Crippen LogP contribution in [0.3, 0.4) is 0 Å². The van der Waals surface area contributed by atoms with Gasteiger partial charge in [-0.15, -0.1) is 0 Å². The van der Waals surface area contributed by atoms with Gasteiger partial charge in [0.1, 0.15) is 0 Å². The number of rotatable bonds is 9. The second-order valence-corrected chi connectivity index (χ2v) is 8.12. The van der Waals surface area contributed by atoms with Crippen LogP contribution in [0.1, 0.15) is 39.2 Å². The molecule has 0 aliphatic rings. The molecule has 2 aromatic rings. The topological polar surface area (TPSA) is 98.1 Å². The molecule has 140 valence electrons. The van der Waals surface area contributed by atoms with Gasteiger partial charge in [-0.05, 0) is 64.0 Å². The smallest absolute Gasteiger partial charge is 0.306 e. The lowest BCUT2D eigenvalue weighted by molar-refractivity contribution is 0.293. The van der Waals surface area contributed by atoms with Gasteiger partial charge in [0.2, 0.25) is 10.0 Å². The Morgan fingerprint density at radius 3 is 2.36 bits per heavy atom. The van der Waals surface area contributed by atoms with Crippen LogP contribution in [0.4, 0.5) is 0 Å². The maximum Gasteiger partial charge on any atom is 0.323 e. The molecule has 25 heavy (non-hydrogen) atoms. The normalized spacial score (nSPS) is 13.6. The van der Waals surface area contributed by atoms with Gasteiger partial charge >= 0.3 is 5.69 Å². The van der Waals surface area contributed by atoms with Crippen molar-refractivity contribution >= 4 is 21.1 Å².